The van der Waals surface area contributed by atoms with E-state index in [4.69, 9.17) is 24.0 Å². The van der Waals surface area contributed by atoms with Crippen LogP contribution in [0.15, 0.2) is 0 Å². The molecule has 0 aromatic heterocycles. The monoisotopic (exact) mass is 506 g/mol. The van der Waals surface area contributed by atoms with Crippen LogP contribution in [-0.4, -0.2) is 50.9 Å². The van der Waals surface area contributed by atoms with Gasteiger partial charge in [0.15, 0.2) is 0 Å². The van der Waals surface area contributed by atoms with E-state index in [1.807, 2.05) is 0 Å². The molecule has 0 saturated carbocycles. The molecule has 0 spiro atoms. The van der Waals surface area contributed by atoms with Crippen molar-refractivity contribution in [2.24, 2.45) is 0 Å². The van der Waals surface area contributed by atoms with Crippen molar-refractivity contribution in [1.82, 2.24) is 0 Å². The van der Waals surface area contributed by atoms with Gasteiger partial charge in [-0.1, -0.05) is 142 Å². The van der Waals surface area contributed by atoms with Gasteiger partial charge in [-0.2, -0.15) is 0 Å². The highest BCUT2D eigenvalue weighted by molar-refractivity contribution is 7.45. The zero-order chi connectivity index (χ0) is 24.2. The quantitative estimate of drug-likeness (QED) is 0.0706. The minimum Gasteiger partial charge on any atom is -0.381 e. The van der Waals surface area contributed by atoms with Crippen LogP contribution >= 0.6 is 7.82 Å². The van der Waals surface area contributed by atoms with E-state index < -0.39 is 7.82 Å². The van der Waals surface area contributed by atoms with Crippen molar-refractivity contribution in [2.75, 3.05) is 13.2 Å². The highest BCUT2D eigenvalue weighted by Gasteiger charge is 2.00. The molecule has 0 unspecified atom stereocenters. The van der Waals surface area contributed by atoms with Crippen LogP contribution in [0.2, 0.25) is 0 Å². The van der Waals surface area contributed by atoms with E-state index >= 15 is 0 Å². The molecule has 0 aliphatic rings. The minimum atomic E-state index is -4.64. The summed E-state index contributed by atoms with van der Waals surface area (Å²) < 4.78 is 14.7. The van der Waals surface area contributed by atoms with Gasteiger partial charge in [0.2, 0.25) is 0 Å². The predicted molar refractivity (Wildman–Crippen MR) is 147 cm³/mol. The van der Waals surface area contributed by atoms with Crippen LogP contribution in [0, 0.1) is 0 Å². The lowest BCUT2D eigenvalue weighted by atomic mass is 10.1. The molecule has 33 heavy (non-hydrogen) atoms. The lowest BCUT2D eigenvalue weighted by Gasteiger charge is -2.05. The summed E-state index contributed by atoms with van der Waals surface area (Å²) >= 11 is 0. The Bertz CT molecular complexity index is 347. The lowest BCUT2D eigenvalue weighted by molar-refractivity contribution is 0.125. The van der Waals surface area contributed by atoms with E-state index in [-0.39, 0.29) is 23.1 Å². The molecule has 0 fully saturated rings. The maximum Gasteiger partial charge on any atom is 0.466 e. The second-order valence-electron chi connectivity index (χ2n) is 9.20. The van der Waals surface area contributed by atoms with Crippen molar-refractivity contribution in [3.63, 3.8) is 0 Å². The zero-order valence-electron chi connectivity index (χ0n) is 21.6. The molecule has 0 atom stereocenters. The normalized spacial score (nSPS) is 11.1. The fourth-order valence-corrected chi connectivity index (χ4v) is 3.84. The number of hydrogen-bond donors (Lipinski definition) is 3. The third-order valence-electron chi connectivity index (χ3n) is 5.78. The Hall–Kier alpha value is 0.836. The Morgan fingerprint density at radius 3 is 0.848 bits per heavy atom. The van der Waals surface area contributed by atoms with Crippen LogP contribution in [0.4, 0.5) is 0 Å². The average Bonchev–Trinajstić information content (AvgIpc) is 2.73. The summed E-state index contributed by atoms with van der Waals surface area (Å²) in [4.78, 5) is 21.6. The molecule has 0 aliphatic heterocycles. The Kier molecular flexibility index (Phi) is 38.2. The molecule has 3 N–H and O–H groups in total. The van der Waals surface area contributed by atoms with Gasteiger partial charge in [-0.15, -0.1) is 0 Å². The van der Waals surface area contributed by atoms with Crippen molar-refractivity contribution >= 4 is 30.9 Å². The fourth-order valence-electron chi connectivity index (χ4n) is 3.84. The van der Waals surface area contributed by atoms with Crippen molar-refractivity contribution in [3.8, 4) is 0 Å². The third-order valence-corrected chi connectivity index (χ3v) is 5.78. The number of ether oxygens (including phenoxy) is 1. The van der Waals surface area contributed by atoms with Crippen molar-refractivity contribution < 1.29 is 24.0 Å². The summed E-state index contributed by atoms with van der Waals surface area (Å²) in [6.45, 7) is 6.58. The summed E-state index contributed by atoms with van der Waals surface area (Å²) in [5.74, 6) is 0. The van der Waals surface area contributed by atoms with Gasteiger partial charge in [0, 0.05) is 13.2 Å². The maximum atomic E-state index is 8.88. The van der Waals surface area contributed by atoms with E-state index in [1.54, 1.807) is 0 Å². The second kappa shape index (κ2) is 32.8. The number of rotatable bonds is 24. The van der Waals surface area contributed by atoms with Gasteiger partial charge >= 0.3 is 30.9 Å². The van der Waals surface area contributed by atoms with Crippen LogP contribution < -0.4 is 0 Å². The summed E-state index contributed by atoms with van der Waals surface area (Å²) in [6.07, 6.45) is 31.1. The predicted octanol–water partition coefficient (Wildman–Crippen LogP) is 7.78. The molecule has 0 heterocycles. The van der Waals surface area contributed by atoms with Gasteiger partial charge in [0.25, 0.3) is 0 Å². The summed E-state index contributed by atoms with van der Waals surface area (Å²) in [7, 11) is -4.64. The summed E-state index contributed by atoms with van der Waals surface area (Å²) in [5.41, 5.74) is 0. The average molecular weight is 507 g/mol. The number of unbranched alkanes of at least 4 members (excludes halogenated alkanes) is 20. The molecular formula is C26H59MgO5P. The van der Waals surface area contributed by atoms with Crippen molar-refractivity contribution in [1.29, 1.82) is 0 Å². The molecule has 7 heteroatoms. The fraction of sp³-hybridized carbons (Fsp3) is 1.00. The van der Waals surface area contributed by atoms with Gasteiger partial charge in [0.1, 0.15) is 0 Å². The van der Waals surface area contributed by atoms with Gasteiger partial charge in [-0.05, 0) is 12.8 Å². The first kappa shape index (κ1) is 38.4. The molecule has 0 aromatic carbocycles. The molecule has 0 aromatic rings. The number of phosphoric acid groups is 1. The van der Waals surface area contributed by atoms with E-state index in [2.05, 4.69) is 13.8 Å². The maximum absolute atomic E-state index is 8.88. The molecule has 0 rings (SSSR count). The van der Waals surface area contributed by atoms with Crippen LogP contribution in [0.25, 0.3) is 0 Å². The van der Waals surface area contributed by atoms with Crippen LogP contribution in [0.3, 0.4) is 0 Å². The third kappa shape index (κ3) is 50.6. The Labute approximate surface area is 222 Å². The summed E-state index contributed by atoms with van der Waals surface area (Å²) in [6, 6.07) is 0. The first-order valence-corrected chi connectivity index (χ1v) is 15.3. The van der Waals surface area contributed by atoms with Crippen LogP contribution in [0.1, 0.15) is 155 Å². The van der Waals surface area contributed by atoms with Crippen molar-refractivity contribution in [3.05, 3.63) is 0 Å². The molecule has 0 amide bonds. The first-order chi connectivity index (χ1) is 15.4. The standard InChI is InChI=1S/C26H54O.Mg.H3O4P.2H/c1-3-5-7-9-11-13-15-17-19-21-23-25-27-26-24-22-20-18-16-14-12-10-8-6-4-2;;1-5(2,3)4;;/h3-26H2,1-2H3;;(H3,1,2,3,4);;. The van der Waals surface area contributed by atoms with E-state index in [9.17, 15) is 0 Å². The molecule has 0 saturated heterocycles. The van der Waals surface area contributed by atoms with E-state index in [0.717, 1.165) is 13.2 Å². The first-order valence-electron chi connectivity index (χ1n) is 13.8. The van der Waals surface area contributed by atoms with Gasteiger partial charge in [-0.25, -0.2) is 4.57 Å². The molecule has 5 nitrogen and oxygen atoms in total. The topological polar surface area (TPSA) is 87.0 Å². The molecule has 0 radical (unpaired) electrons. The molecule has 0 aliphatic carbocycles. The van der Waals surface area contributed by atoms with E-state index in [1.165, 1.54) is 141 Å². The molecule has 0 bridgehead atoms. The lowest BCUT2D eigenvalue weighted by Crippen LogP contribution is -1.97. The second-order valence-corrected chi connectivity index (χ2v) is 10.2. The SMILES string of the molecule is CCCCCCCCCCCCCOCCCCCCCCCCCCC.O=P(O)(O)O.[MgH2]. The van der Waals surface area contributed by atoms with Crippen LogP contribution in [0.5, 0.6) is 0 Å². The highest BCUT2D eigenvalue weighted by atomic mass is 31.2. The molecule has 200 valence electrons. The van der Waals surface area contributed by atoms with Gasteiger partial charge < -0.3 is 19.4 Å². The smallest absolute Gasteiger partial charge is 0.381 e. The minimum absolute atomic E-state index is 0. The zero-order valence-corrected chi connectivity index (χ0v) is 22.5. The molecular weight excluding hydrogens is 448 g/mol. The van der Waals surface area contributed by atoms with Gasteiger partial charge in [0.05, 0.1) is 0 Å². The van der Waals surface area contributed by atoms with Gasteiger partial charge in [-0.3, -0.25) is 0 Å². The van der Waals surface area contributed by atoms with Crippen LogP contribution in [-0.2, 0) is 9.30 Å². The largest absolute Gasteiger partial charge is 0.466 e. The van der Waals surface area contributed by atoms with Crippen molar-refractivity contribution in [2.45, 2.75) is 155 Å². The highest BCUT2D eigenvalue weighted by Crippen LogP contribution is 2.25. The Morgan fingerprint density at radius 1 is 0.455 bits per heavy atom. The van der Waals surface area contributed by atoms with E-state index in [0.29, 0.717) is 0 Å². The Balaban J connectivity index is -0.00000134. The number of hydrogen-bond acceptors (Lipinski definition) is 2. The Morgan fingerprint density at radius 2 is 0.636 bits per heavy atom. The summed E-state index contributed by atoms with van der Waals surface area (Å²) in [5, 5.41) is 0.